The molecule has 0 saturated heterocycles. The number of Topliss-reactive ketones (excluding diaryl/α,β-unsaturated/α-hetero) is 1. The lowest BCUT2D eigenvalue weighted by molar-refractivity contribution is -0.196. The van der Waals surface area contributed by atoms with Crippen molar-refractivity contribution in [3.8, 4) is 0 Å². The Balaban J connectivity index is 1.67. The first-order chi connectivity index (χ1) is 10.4. The van der Waals surface area contributed by atoms with Gasteiger partial charge in [0, 0.05) is 11.3 Å². The van der Waals surface area contributed by atoms with Crippen LogP contribution in [-0.2, 0) is 4.79 Å². The Morgan fingerprint density at radius 1 is 1.23 bits per heavy atom. The van der Waals surface area contributed by atoms with E-state index < -0.39 is 0 Å². The highest BCUT2D eigenvalue weighted by atomic mass is 16.3. The Morgan fingerprint density at radius 3 is 2.59 bits per heavy atom. The van der Waals surface area contributed by atoms with E-state index >= 15 is 0 Å². The van der Waals surface area contributed by atoms with E-state index in [1.807, 2.05) is 6.92 Å². The summed E-state index contributed by atoms with van der Waals surface area (Å²) in [6.45, 7) is 4.14. The average molecular weight is 308 g/mol. The van der Waals surface area contributed by atoms with Crippen LogP contribution < -0.4 is 0 Å². The molecule has 0 bridgehead atoms. The van der Waals surface area contributed by atoms with Crippen LogP contribution in [0.3, 0.4) is 0 Å². The van der Waals surface area contributed by atoms with Crippen molar-refractivity contribution < 1.29 is 15.0 Å². The van der Waals surface area contributed by atoms with Crippen molar-refractivity contribution in [2.75, 3.05) is 0 Å². The minimum absolute atomic E-state index is 0.0472. The molecule has 3 saturated carbocycles. The Hall–Kier alpha value is -0.410. The SMILES string of the molecule is CC1C(=O)C2(C)CCC(O)CC12CCC(O)C1CCCCC1. The summed E-state index contributed by atoms with van der Waals surface area (Å²) in [6, 6.07) is 0. The molecular formula is C19H32O3. The quantitative estimate of drug-likeness (QED) is 0.836. The second-order valence-corrected chi connectivity index (χ2v) is 8.47. The third-order valence-electron chi connectivity index (χ3n) is 7.52. The maximum atomic E-state index is 12.4. The van der Waals surface area contributed by atoms with Crippen LogP contribution in [0.5, 0.6) is 0 Å². The molecule has 2 N–H and O–H groups in total. The number of rotatable bonds is 4. The second kappa shape index (κ2) is 5.90. The van der Waals surface area contributed by atoms with Gasteiger partial charge in [-0.1, -0.05) is 33.1 Å². The molecule has 126 valence electrons. The van der Waals surface area contributed by atoms with Crippen LogP contribution in [0.1, 0.15) is 78.1 Å². The highest BCUT2D eigenvalue weighted by Gasteiger charge is 2.68. The van der Waals surface area contributed by atoms with Crippen LogP contribution in [0.15, 0.2) is 0 Å². The Labute approximate surface area is 134 Å². The van der Waals surface area contributed by atoms with Crippen LogP contribution >= 0.6 is 0 Å². The molecule has 3 aliphatic carbocycles. The van der Waals surface area contributed by atoms with Crippen molar-refractivity contribution in [2.24, 2.45) is 22.7 Å². The van der Waals surface area contributed by atoms with E-state index in [4.69, 9.17) is 0 Å². The monoisotopic (exact) mass is 308 g/mol. The average Bonchev–Trinajstić information content (AvgIpc) is 2.55. The normalized spacial score (nSPS) is 44.3. The van der Waals surface area contributed by atoms with E-state index in [1.54, 1.807) is 0 Å². The molecule has 3 fully saturated rings. The molecule has 3 heteroatoms. The number of ketones is 1. The third-order valence-corrected chi connectivity index (χ3v) is 7.52. The number of aliphatic hydroxyl groups is 2. The van der Waals surface area contributed by atoms with E-state index in [1.165, 1.54) is 19.3 Å². The summed E-state index contributed by atoms with van der Waals surface area (Å²) in [7, 11) is 0. The molecular weight excluding hydrogens is 276 g/mol. The highest BCUT2D eigenvalue weighted by molar-refractivity contribution is 5.95. The summed E-state index contributed by atoms with van der Waals surface area (Å²) in [5, 5.41) is 20.7. The second-order valence-electron chi connectivity index (χ2n) is 8.47. The molecule has 0 aromatic rings. The maximum absolute atomic E-state index is 12.4. The molecule has 0 amide bonds. The first-order valence-corrected chi connectivity index (χ1v) is 9.31. The van der Waals surface area contributed by atoms with Gasteiger partial charge in [0.05, 0.1) is 12.2 Å². The van der Waals surface area contributed by atoms with Gasteiger partial charge < -0.3 is 10.2 Å². The summed E-state index contributed by atoms with van der Waals surface area (Å²) in [6.07, 6.45) is 9.63. The van der Waals surface area contributed by atoms with Gasteiger partial charge in [-0.05, 0) is 56.3 Å². The fourth-order valence-electron chi connectivity index (χ4n) is 5.88. The van der Waals surface area contributed by atoms with E-state index in [9.17, 15) is 15.0 Å². The summed E-state index contributed by atoms with van der Waals surface area (Å²) in [5.74, 6) is 0.883. The molecule has 3 rings (SSSR count). The topological polar surface area (TPSA) is 57.5 Å². The minimum Gasteiger partial charge on any atom is -0.393 e. The van der Waals surface area contributed by atoms with E-state index in [2.05, 4.69) is 6.92 Å². The molecule has 5 unspecified atom stereocenters. The largest absolute Gasteiger partial charge is 0.393 e. The first kappa shape index (κ1) is 16.4. The van der Waals surface area contributed by atoms with Crippen LogP contribution in [0, 0.1) is 22.7 Å². The summed E-state index contributed by atoms with van der Waals surface area (Å²) in [4.78, 5) is 12.4. The molecule has 0 aromatic carbocycles. The van der Waals surface area contributed by atoms with Crippen molar-refractivity contribution in [3.63, 3.8) is 0 Å². The van der Waals surface area contributed by atoms with Gasteiger partial charge in [-0.25, -0.2) is 0 Å². The van der Waals surface area contributed by atoms with Gasteiger partial charge in [0.25, 0.3) is 0 Å². The maximum Gasteiger partial charge on any atom is 0.142 e. The van der Waals surface area contributed by atoms with Crippen LogP contribution in [0.25, 0.3) is 0 Å². The molecule has 3 aliphatic rings. The number of hydrogen-bond acceptors (Lipinski definition) is 3. The zero-order valence-electron chi connectivity index (χ0n) is 14.2. The smallest absolute Gasteiger partial charge is 0.142 e. The fraction of sp³-hybridized carbons (Fsp3) is 0.947. The van der Waals surface area contributed by atoms with Crippen LogP contribution in [-0.4, -0.2) is 28.2 Å². The first-order valence-electron chi connectivity index (χ1n) is 9.31. The molecule has 5 atom stereocenters. The van der Waals surface area contributed by atoms with Crippen LogP contribution in [0.4, 0.5) is 0 Å². The predicted octanol–water partition coefficient (Wildman–Crippen LogP) is 3.46. The summed E-state index contributed by atoms with van der Waals surface area (Å²) >= 11 is 0. The fourth-order valence-corrected chi connectivity index (χ4v) is 5.88. The zero-order chi connectivity index (χ0) is 16.0. The number of carbonyl (C=O) groups excluding carboxylic acids is 1. The number of aliphatic hydroxyl groups excluding tert-OH is 2. The molecule has 0 spiro atoms. The molecule has 22 heavy (non-hydrogen) atoms. The van der Waals surface area contributed by atoms with Crippen molar-refractivity contribution in [3.05, 3.63) is 0 Å². The number of carbonyl (C=O) groups is 1. The Kier molecular flexibility index (Phi) is 4.41. The van der Waals surface area contributed by atoms with Crippen LogP contribution in [0.2, 0.25) is 0 Å². The lowest BCUT2D eigenvalue weighted by Gasteiger charge is -2.64. The van der Waals surface area contributed by atoms with Gasteiger partial charge in [0.15, 0.2) is 0 Å². The van der Waals surface area contributed by atoms with Gasteiger partial charge in [0.2, 0.25) is 0 Å². The van der Waals surface area contributed by atoms with Crippen molar-refractivity contribution in [1.29, 1.82) is 0 Å². The Morgan fingerprint density at radius 2 is 1.91 bits per heavy atom. The zero-order valence-corrected chi connectivity index (χ0v) is 14.2. The van der Waals surface area contributed by atoms with Gasteiger partial charge in [-0.2, -0.15) is 0 Å². The minimum atomic E-state index is -0.268. The lowest BCUT2D eigenvalue weighted by Crippen LogP contribution is -2.67. The molecule has 0 radical (unpaired) electrons. The Bertz CT molecular complexity index is 428. The van der Waals surface area contributed by atoms with Gasteiger partial charge in [-0.3, -0.25) is 4.79 Å². The molecule has 0 aromatic heterocycles. The lowest BCUT2D eigenvalue weighted by atomic mass is 9.38. The van der Waals surface area contributed by atoms with E-state index in [-0.39, 0.29) is 29.0 Å². The molecule has 0 aliphatic heterocycles. The molecule has 0 heterocycles. The number of fused-ring (bicyclic) bond motifs is 1. The predicted molar refractivity (Wildman–Crippen MR) is 86.4 cm³/mol. The van der Waals surface area contributed by atoms with E-state index in [0.717, 1.165) is 44.9 Å². The summed E-state index contributed by atoms with van der Waals surface area (Å²) in [5.41, 5.74) is -0.324. The number of hydrogen-bond donors (Lipinski definition) is 2. The summed E-state index contributed by atoms with van der Waals surface area (Å²) < 4.78 is 0. The third kappa shape index (κ3) is 2.36. The van der Waals surface area contributed by atoms with Gasteiger partial charge in [-0.15, -0.1) is 0 Å². The van der Waals surface area contributed by atoms with E-state index in [0.29, 0.717) is 11.7 Å². The van der Waals surface area contributed by atoms with Crippen molar-refractivity contribution >= 4 is 5.78 Å². The van der Waals surface area contributed by atoms with Gasteiger partial charge >= 0.3 is 0 Å². The van der Waals surface area contributed by atoms with Crippen molar-refractivity contribution in [2.45, 2.75) is 90.3 Å². The van der Waals surface area contributed by atoms with Crippen molar-refractivity contribution in [1.82, 2.24) is 0 Å². The van der Waals surface area contributed by atoms with Gasteiger partial charge in [0.1, 0.15) is 5.78 Å². The molecule has 3 nitrogen and oxygen atoms in total. The standard InChI is InChI=1S/C19H32O3/c1-13-17(22)18(2)10-8-15(20)12-19(13,18)11-9-16(21)14-6-4-3-5-7-14/h13-16,20-21H,3-12H2,1-2H3. The highest BCUT2D eigenvalue weighted by Crippen LogP contribution is 2.67.